The van der Waals surface area contributed by atoms with Gasteiger partial charge in [-0.25, -0.2) is 8.42 Å². The number of nitrogens with zero attached hydrogens (tertiary/aromatic N) is 3. The fourth-order valence-corrected chi connectivity index (χ4v) is 3.36. The molecule has 0 unspecified atom stereocenters. The molecule has 114 valence electrons. The monoisotopic (exact) mass is 327 g/mol. The summed E-state index contributed by atoms with van der Waals surface area (Å²) in [6, 6.07) is 7.36. The number of aromatic nitrogens is 2. The van der Waals surface area contributed by atoms with E-state index in [9.17, 15) is 8.42 Å². The van der Waals surface area contributed by atoms with Crippen LogP contribution >= 0.6 is 11.6 Å². The van der Waals surface area contributed by atoms with Gasteiger partial charge in [-0.15, -0.1) is 11.6 Å². The van der Waals surface area contributed by atoms with Crippen molar-refractivity contribution < 1.29 is 8.42 Å². The maximum absolute atomic E-state index is 12.6. The molecule has 0 aliphatic heterocycles. The molecule has 0 aliphatic rings. The minimum atomic E-state index is -3.60. The molecule has 5 nitrogen and oxygen atoms in total. The standard InChI is InChI=1S/C14H18ClN3O2S/c1-12-6-3-4-7-14(12)17(2)21(19,20)13-10-16-18(11-13)9-5-8-15/h3-4,6-7,10-11H,5,8-9H2,1-2H3. The predicted octanol–water partition coefficient (Wildman–Crippen LogP) is 2.65. The van der Waals surface area contributed by atoms with Gasteiger partial charge >= 0.3 is 0 Å². The minimum Gasteiger partial charge on any atom is -0.271 e. The van der Waals surface area contributed by atoms with E-state index in [1.54, 1.807) is 17.8 Å². The van der Waals surface area contributed by atoms with Crippen LogP contribution in [0.4, 0.5) is 5.69 Å². The molecule has 0 fully saturated rings. The lowest BCUT2D eigenvalue weighted by Gasteiger charge is -2.20. The number of hydrogen-bond acceptors (Lipinski definition) is 3. The first-order valence-corrected chi connectivity index (χ1v) is 8.57. The quantitative estimate of drug-likeness (QED) is 0.766. The van der Waals surface area contributed by atoms with Gasteiger partial charge in [-0.2, -0.15) is 5.10 Å². The van der Waals surface area contributed by atoms with Crippen LogP contribution in [0.2, 0.25) is 0 Å². The third-order valence-electron chi connectivity index (χ3n) is 3.24. The predicted molar refractivity (Wildman–Crippen MR) is 84.3 cm³/mol. The molecule has 1 aromatic heterocycles. The van der Waals surface area contributed by atoms with E-state index < -0.39 is 10.0 Å². The van der Waals surface area contributed by atoms with Crippen LogP contribution in [0.5, 0.6) is 0 Å². The third-order valence-corrected chi connectivity index (χ3v) is 5.24. The van der Waals surface area contributed by atoms with Crippen LogP contribution < -0.4 is 4.31 Å². The van der Waals surface area contributed by atoms with Crippen LogP contribution in [0.25, 0.3) is 0 Å². The first-order chi connectivity index (χ1) is 9.96. The summed E-state index contributed by atoms with van der Waals surface area (Å²) in [4.78, 5) is 0.183. The van der Waals surface area contributed by atoms with Crippen molar-refractivity contribution in [2.24, 2.45) is 0 Å². The summed E-state index contributed by atoms with van der Waals surface area (Å²) < 4.78 is 28.1. The Morgan fingerprint density at radius 1 is 1.33 bits per heavy atom. The summed E-state index contributed by atoms with van der Waals surface area (Å²) in [5.41, 5.74) is 1.56. The molecule has 0 amide bonds. The summed E-state index contributed by atoms with van der Waals surface area (Å²) in [5, 5.41) is 4.07. The molecular formula is C14H18ClN3O2S. The molecule has 0 atom stereocenters. The fraction of sp³-hybridized carbons (Fsp3) is 0.357. The maximum Gasteiger partial charge on any atom is 0.267 e. The summed E-state index contributed by atoms with van der Waals surface area (Å²) in [6.45, 7) is 2.48. The average Bonchev–Trinajstić information content (AvgIpc) is 2.94. The van der Waals surface area contributed by atoms with Crippen molar-refractivity contribution >= 4 is 27.3 Å². The zero-order valence-electron chi connectivity index (χ0n) is 12.0. The lowest BCUT2D eigenvalue weighted by Crippen LogP contribution is -2.26. The molecule has 0 N–H and O–H groups in total. The summed E-state index contributed by atoms with van der Waals surface area (Å²) in [5.74, 6) is 0.519. The molecule has 1 heterocycles. The first kappa shape index (κ1) is 15.9. The van der Waals surface area contributed by atoms with Crippen LogP contribution in [0.1, 0.15) is 12.0 Å². The molecule has 0 bridgehead atoms. The molecule has 0 saturated heterocycles. The molecule has 0 radical (unpaired) electrons. The SMILES string of the molecule is Cc1ccccc1N(C)S(=O)(=O)c1cnn(CCCCl)c1. The second kappa shape index (κ2) is 6.49. The highest BCUT2D eigenvalue weighted by Crippen LogP contribution is 2.24. The minimum absolute atomic E-state index is 0.183. The summed E-state index contributed by atoms with van der Waals surface area (Å²) in [7, 11) is -2.05. The Labute approximate surface area is 130 Å². The highest BCUT2D eigenvalue weighted by molar-refractivity contribution is 7.92. The van der Waals surface area contributed by atoms with Crippen molar-refractivity contribution in [2.75, 3.05) is 17.2 Å². The Morgan fingerprint density at radius 2 is 2.05 bits per heavy atom. The maximum atomic E-state index is 12.6. The first-order valence-electron chi connectivity index (χ1n) is 6.60. The number of aryl methyl sites for hydroxylation is 2. The van der Waals surface area contributed by atoms with Gasteiger partial charge in [0.05, 0.1) is 11.9 Å². The van der Waals surface area contributed by atoms with Crippen LogP contribution in [-0.4, -0.2) is 31.1 Å². The van der Waals surface area contributed by atoms with Crippen molar-refractivity contribution in [3.05, 3.63) is 42.2 Å². The Balaban J connectivity index is 2.29. The molecule has 2 aromatic rings. The Hall–Kier alpha value is -1.53. The zero-order valence-corrected chi connectivity index (χ0v) is 13.6. The van der Waals surface area contributed by atoms with Crippen LogP contribution in [0.15, 0.2) is 41.6 Å². The lowest BCUT2D eigenvalue weighted by atomic mass is 10.2. The number of benzene rings is 1. The van der Waals surface area contributed by atoms with E-state index in [2.05, 4.69) is 5.10 Å². The van der Waals surface area contributed by atoms with E-state index in [0.29, 0.717) is 18.1 Å². The van der Waals surface area contributed by atoms with Crippen molar-refractivity contribution in [1.29, 1.82) is 0 Å². The molecule has 1 aromatic carbocycles. The van der Waals surface area contributed by atoms with Crippen molar-refractivity contribution in [3.8, 4) is 0 Å². The highest BCUT2D eigenvalue weighted by atomic mass is 35.5. The van der Waals surface area contributed by atoms with Gasteiger partial charge in [-0.05, 0) is 25.0 Å². The van der Waals surface area contributed by atoms with Crippen molar-refractivity contribution in [1.82, 2.24) is 9.78 Å². The number of halogens is 1. The van der Waals surface area contributed by atoms with E-state index >= 15 is 0 Å². The highest BCUT2D eigenvalue weighted by Gasteiger charge is 2.23. The van der Waals surface area contributed by atoms with E-state index in [4.69, 9.17) is 11.6 Å². The van der Waals surface area contributed by atoms with Gasteiger partial charge in [-0.3, -0.25) is 8.99 Å². The molecule has 21 heavy (non-hydrogen) atoms. The number of hydrogen-bond donors (Lipinski definition) is 0. The Kier molecular flexibility index (Phi) is 4.90. The van der Waals surface area contributed by atoms with Crippen LogP contribution in [0, 0.1) is 6.92 Å². The molecule has 7 heteroatoms. The number of anilines is 1. The number of para-hydroxylation sites is 1. The lowest BCUT2D eigenvalue weighted by molar-refractivity contribution is 0.591. The fourth-order valence-electron chi connectivity index (χ4n) is 2.03. The van der Waals surface area contributed by atoms with Gasteiger partial charge in [0, 0.05) is 25.7 Å². The molecule has 0 spiro atoms. The van der Waals surface area contributed by atoms with E-state index in [-0.39, 0.29) is 4.90 Å². The van der Waals surface area contributed by atoms with E-state index in [1.807, 2.05) is 25.1 Å². The average molecular weight is 328 g/mol. The Morgan fingerprint density at radius 3 is 2.71 bits per heavy atom. The van der Waals surface area contributed by atoms with Crippen molar-refractivity contribution in [3.63, 3.8) is 0 Å². The van der Waals surface area contributed by atoms with Gasteiger partial charge < -0.3 is 0 Å². The molecule has 2 rings (SSSR count). The summed E-state index contributed by atoms with van der Waals surface area (Å²) >= 11 is 5.63. The van der Waals surface area contributed by atoms with Crippen LogP contribution in [0.3, 0.4) is 0 Å². The van der Waals surface area contributed by atoms with Crippen molar-refractivity contribution in [2.45, 2.75) is 24.8 Å². The smallest absolute Gasteiger partial charge is 0.267 e. The topological polar surface area (TPSA) is 55.2 Å². The third kappa shape index (κ3) is 3.39. The van der Waals surface area contributed by atoms with Gasteiger partial charge in [0.1, 0.15) is 4.90 Å². The molecule has 0 aliphatic carbocycles. The van der Waals surface area contributed by atoms with Gasteiger partial charge in [0.25, 0.3) is 10.0 Å². The van der Waals surface area contributed by atoms with Gasteiger partial charge in [-0.1, -0.05) is 18.2 Å². The Bertz CT molecular complexity index is 713. The van der Waals surface area contributed by atoms with Gasteiger partial charge in [0.15, 0.2) is 0 Å². The van der Waals surface area contributed by atoms with E-state index in [1.165, 1.54) is 16.7 Å². The second-order valence-electron chi connectivity index (χ2n) is 4.74. The normalized spacial score (nSPS) is 11.6. The second-order valence-corrected chi connectivity index (χ2v) is 7.09. The van der Waals surface area contributed by atoms with Gasteiger partial charge in [0.2, 0.25) is 0 Å². The summed E-state index contributed by atoms with van der Waals surface area (Å²) in [6.07, 6.45) is 3.66. The van der Waals surface area contributed by atoms with E-state index in [0.717, 1.165) is 12.0 Å². The number of alkyl halides is 1. The molecule has 0 saturated carbocycles. The number of rotatable bonds is 6. The largest absolute Gasteiger partial charge is 0.271 e. The zero-order chi connectivity index (χ0) is 15.5. The molecular weight excluding hydrogens is 310 g/mol. The number of sulfonamides is 1. The van der Waals surface area contributed by atoms with Crippen LogP contribution in [-0.2, 0) is 16.6 Å².